The second-order valence-electron chi connectivity index (χ2n) is 4.36. The van der Waals surface area contributed by atoms with Gasteiger partial charge in [-0.05, 0) is 26.0 Å². The van der Waals surface area contributed by atoms with E-state index in [4.69, 9.17) is 9.47 Å². The Balaban J connectivity index is 2.95. The van der Waals surface area contributed by atoms with E-state index in [1.165, 1.54) is 5.56 Å². The fourth-order valence-electron chi connectivity index (χ4n) is 1.97. The average molecular weight is 251 g/mol. The Morgan fingerprint density at radius 2 is 1.94 bits per heavy atom. The van der Waals surface area contributed by atoms with E-state index in [1.54, 1.807) is 7.11 Å². The first kappa shape index (κ1) is 15.0. The third-order valence-electron chi connectivity index (χ3n) is 2.98. The van der Waals surface area contributed by atoms with Crippen molar-refractivity contribution in [3.8, 4) is 5.75 Å². The summed E-state index contributed by atoms with van der Waals surface area (Å²) in [6, 6.07) is 8.34. The molecular weight excluding hydrogens is 226 g/mol. The van der Waals surface area contributed by atoms with Gasteiger partial charge in [0.2, 0.25) is 0 Å². The summed E-state index contributed by atoms with van der Waals surface area (Å²) in [5.74, 6) is 0.953. The summed E-state index contributed by atoms with van der Waals surface area (Å²) in [5, 5.41) is 3.46. The van der Waals surface area contributed by atoms with Crippen molar-refractivity contribution in [2.75, 3.05) is 20.3 Å². The number of methoxy groups -OCH3 is 1. The van der Waals surface area contributed by atoms with Gasteiger partial charge in [-0.1, -0.05) is 32.0 Å². The molecule has 1 rings (SSSR count). The summed E-state index contributed by atoms with van der Waals surface area (Å²) in [4.78, 5) is 0. The molecule has 0 amide bonds. The van der Waals surface area contributed by atoms with E-state index in [2.05, 4.69) is 32.2 Å². The van der Waals surface area contributed by atoms with Crippen molar-refractivity contribution < 1.29 is 9.47 Å². The molecule has 0 fully saturated rings. The second kappa shape index (κ2) is 8.11. The molecule has 3 nitrogen and oxygen atoms in total. The van der Waals surface area contributed by atoms with Crippen molar-refractivity contribution in [2.24, 2.45) is 0 Å². The molecule has 3 heteroatoms. The number of para-hydroxylation sites is 1. The standard InChI is InChI=1S/C15H25NO2/c1-5-11-18-14-10-8-7-9-13(14)15(16-6-2)12(3)17-4/h7-10,12,15-16H,5-6,11H2,1-4H3. The Labute approximate surface area is 110 Å². The van der Waals surface area contributed by atoms with E-state index < -0.39 is 0 Å². The quantitative estimate of drug-likeness (QED) is 0.770. The van der Waals surface area contributed by atoms with Gasteiger partial charge in [0.05, 0.1) is 18.8 Å². The Morgan fingerprint density at radius 3 is 2.56 bits per heavy atom. The molecule has 0 heterocycles. The van der Waals surface area contributed by atoms with E-state index in [0.29, 0.717) is 0 Å². The third-order valence-corrected chi connectivity index (χ3v) is 2.98. The SMILES string of the molecule is CCCOc1ccccc1C(NCC)C(C)OC. The van der Waals surface area contributed by atoms with Gasteiger partial charge in [0.15, 0.2) is 0 Å². The lowest BCUT2D eigenvalue weighted by Gasteiger charge is -2.26. The number of ether oxygens (including phenoxy) is 2. The summed E-state index contributed by atoms with van der Waals surface area (Å²) in [5.41, 5.74) is 1.17. The Bertz CT molecular complexity index is 341. The molecule has 0 saturated heterocycles. The lowest BCUT2D eigenvalue weighted by atomic mass is 10.0. The van der Waals surface area contributed by atoms with E-state index in [0.717, 1.165) is 25.3 Å². The molecule has 0 radical (unpaired) electrons. The monoisotopic (exact) mass is 251 g/mol. The molecule has 0 bridgehead atoms. The Morgan fingerprint density at radius 1 is 1.22 bits per heavy atom. The number of likely N-dealkylation sites (N-methyl/N-ethyl adjacent to an activating group) is 1. The van der Waals surface area contributed by atoms with Crippen LogP contribution in [-0.2, 0) is 4.74 Å². The van der Waals surface area contributed by atoms with Crippen molar-refractivity contribution in [1.29, 1.82) is 0 Å². The first-order valence-electron chi connectivity index (χ1n) is 6.72. The Kier molecular flexibility index (Phi) is 6.76. The van der Waals surface area contributed by atoms with Crippen LogP contribution >= 0.6 is 0 Å². The highest BCUT2D eigenvalue weighted by atomic mass is 16.5. The van der Waals surface area contributed by atoms with Gasteiger partial charge in [0, 0.05) is 12.7 Å². The minimum atomic E-state index is 0.108. The molecule has 0 spiro atoms. The average Bonchev–Trinajstić information content (AvgIpc) is 2.42. The van der Waals surface area contributed by atoms with Crippen LogP contribution in [0.3, 0.4) is 0 Å². The van der Waals surface area contributed by atoms with Crippen LogP contribution < -0.4 is 10.1 Å². The number of nitrogens with one attached hydrogen (secondary N) is 1. The Hall–Kier alpha value is -1.06. The van der Waals surface area contributed by atoms with E-state index in [1.807, 2.05) is 18.2 Å². The molecule has 0 saturated carbocycles. The van der Waals surface area contributed by atoms with Crippen LogP contribution in [0.15, 0.2) is 24.3 Å². The number of hydrogen-bond donors (Lipinski definition) is 1. The van der Waals surface area contributed by atoms with Gasteiger partial charge in [-0.3, -0.25) is 0 Å². The van der Waals surface area contributed by atoms with Gasteiger partial charge in [0.1, 0.15) is 5.75 Å². The number of hydrogen-bond acceptors (Lipinski definition) is 3. The minimum absolute atomic E-state index is 0.108. The summed E-state index contributed by atoms with van der Waals surface area (Å²) >= 11 is 0. The molecule has 102 valence electrons. The number of rotatable bonds is 8. The lowest BCUT2D eigenvalue weighted by Crippen LogP contribution is -2.31. The molecular formula is C15H25NO2. The molecule has 2 unspecified atom stereocenters. The van der Waals surface area contributed by atoms with Gasteiger partial charge in [-0.15, -0.1) is 0 Å². The van der Waals surface area contributed by atoms with E-state index in [-0.39, 0.29) is 12.1 Å². The molecule has 1 N–H and O–H groups in total. The maximum Gasteiger partial charge on any atom is 0.124 e. The van der Waals surface area contributed by atoms with E-state index in [9.17, 15) is 0 Å². The number of benzene rings is 1. The molecule has 18 heavy (non-hydrogen) atoms. The van der Waals surface area contributed by atoms with Crippen LogP contribution in [0, 0.1) is 0 Å². The normalized spacial score (nSPS) is 14.2. The maximum atomic E-state index is 5.81. The van der Waals surface area contributed by atoms with Crippen LogP contribution in [0.25, 0.3) is 0 Å². The highest BCUT2D eigenvalue weighted by molar-refractivity contribution is 5.36. The molecule has 0 aliphatic carbocycles. The molecule has 1 aromatic carbocycles. The van der Waals surface area contributed by atoms with Crippen LogP contribution in [0.4, 0.5) is 0 Å². The zero-order valence-corrected chi connectivity index (χ0v) is 11.9. The van der Waals surface area contributed by atoms with Crippen LogP contribution in [0.2, 0.25) is 0 Å². The predicted octanol–water partition coefficient (Wildman–Crippen LogP) is 3.16. The minimum Gasteiger partial charge on any atom is -0.493 e. The van der Waals surface area contributed by atoms with E-state index >= 15 is 0 Å². The fraction of sp³-hybridized carbons (Fsp3) is 0.600. The third kappa shape index (κ3) is 4.00. The summed E-state index contributed by atoms with van der Waals surface area (Å²) in [6.45, 7) is 7.94. The molecule has 0 aliphatic rings. The smallest absolute Gasteiger partial charge is 0.124 e. The summed E-state index contributed by atoms with van der Waals surface area (Å²) in [6.07, 6.45) is 1.12. The van der Waals surface area contributed by atoms with Crippen LogP contribution in [0.5, 0.6) is 5.75 Å². The molecule has 0 aliphatic heterocycles. The predicted molar refractivity (Wildman–Crippen MR) is 75.1 cm³/mol. The van der Waals surface area contributed by atoms with Crippen molar-refractivity contribution in [2.45, 2.75) is 39.3 Å². The van der Waals surface area contributed by atoms with Gasteiger partial charge in [-0.2, -0.15) is 0 Å². The maximum absolute atomic E-state index is 5.81. The van der Waals surface area contributed by atoms with Crippen molar-refractivity contribution >= 4 is 0 Å². The molecule has 0 aromatic heterocycles. The van der Waals surface area contributed by atoms with Crippen molar-refractivity contribution in [1.82, 2.24) is 5.32 Å². The summed E-state index contributed by atoms with van der Waals surface area (Å²) in [7, 11) is 1.74. The van der Waals surface area contributed by atoms with Crippen LogP contribution in [0.1, 0.15) is 38.8 Å². The summed E-state index contributed by atoms with van der Waals surface area (Å²) < 4.78 is 11.3. The second-order valence-corrected chi connectivity index (χ2v) is 4.36. The van der Waals surface area contributed by atoms with Crippen LogP contribution in [-0.4, -0.2) is 26.4 Å². The fourth-order valence-corrected chi connectivity index (χ4v) is 1.97. The van der Waals surface area contributed by atoms with Gasteiger partial charge >= 0.3 is 0 Å². The largest absolute Gasteiger partial charge is 0.493 e. The molecule has 2 atom stereocenters. The van der Waals surface area contributed by atoms with Gasteiger partial charge in [-0.25, -0.2) is 0 Å². The zero-order chi connectivity index (χ0) is 13.4. The topological polar surface area (TPSA) is 30.5 Å². The van der Waals surface area contributed by atoms with Crippen molar-refractivity contribution in [3.63, 3.8) is 0 Å². The van der Waals surface area contributed by atoms with Gasteiger partial charge in [0.25, 0.3) is 0 Å². The first-order valence-corrected chi connectivity index (χ1v) is 6.72. The first-order chi connectivity index (χ1) is 8.74. The molecule has 1 aromatic rings. The zero-order valence-electron chi connectivity index (χ0n) is 11.9. The lowest BCUT2D eigenvalue weighted by molar-refractivity contribution is 0.0823. The van der Waals surface area contributed by atoms with Crippen molar-refractivity contribution in [3.05, 3.63) is 29.8 Å². The highest BCUT2D eigenvalue weighted by Gasteiger charge is 2.21. The van der Waals surface area contributed by atoms with Gasteiger partial charge < -0.3 is 14.8 Å². The highest BCUT2D eigenvalue weighted by Crippen LogP contribution is 2.28.